The molecule has 0 radical (unpaired) electrons. The zero-order chi connectivity index (χ0) is 16.8. The lowest BCUT2D eigenvalue weighted by molar-refractivity contribution is 0.414. The predicted molar refractivity (Wildman–Crippen MR) is 105 cm³/mol. The second-order valence-corrected chi connectivity index (χ2v) is 5.99. The van der Waals surface area contributed by atoms with Crippen LogP contribution in [0.2, 0.25) is 5.02 Å². The van der Waals surface area contributed by atoms with Crippen LogP contribution in [-0.2, 0) is 13.0 Å². The minimum absolute atomic E-state index is 0. The van der Waals surface area contributed by atoms with Gasteiger partial charge in [-0.05, 0) is 54.9 Å². The second kappa shape index (κ2) is 9.52. The number of rotatable bonds is 7. The van der Waals surface area contributed by atoms with Crippen LogP contribution in [-0.4, -0.2) is 13.7 Å². The predicted octanol–water partition coefficient (Wildman–Crippen LogP) is 5.36. The first-order chi connectivity index (χ1) is 11.7. The van der Waals surface area contributed by atoms with Crippen LogP contribution in [0.15, 0.2) is 65.1 Å². The zero-order valence-corrected chi connectivity index (χ0v) is 15.6. The lowest BCUT2D eigenvalue weighted by atomic mass is 10.1. The first-order valence-corrected chi connectivity index (χ1v) is 8.31. The van der Waals surface area contributed by atoms with Gasteiger partial charge in [0.2, 0.25) is 0 Å². The van der Waals surface area contributed by atoms with E-state index in [4.69, 9.17) is 20.8 Å². The minimum atomic E-state index is 0. The monoisotopic (exact) mass is 377 g/mol. The van der Waals surface area contributed by atoms with E-state index in [0.29, 0.717) is 11.6 Å². The minimum Gasteiger partial charge on any atom is -0.497 e. The molecule has 0 saturated carbocycles. The molecule has 0 atom stereocenters. The Labute approximate surface area is 159 Å². The Bertz CT molecular complexity index is 784. The molecule has 0 unspecified atom stereocenters. The van der Waals surface area contributed by atoms with Crippen LogP contribution >= 0.6 is 24.0 Å². The van der Waals surface area contributed by atoms with Gasteiger partial charge in [0.15, 0.2) is 0 Å². The normalized spacial score (nSPS) is 10.3. The van der Waals surface area contributed by atoms with Gasteiger partial charge in [-0.2, -0.15) is 0 Å². The molecule has 0 aliphatic carbocycles. The molecule has 0 saturated heterocycles. The van der Waals surface area contributed by atoms with Crippen LogP contribution in [0.1, 0.15) is 11.3 Å². The van der Waals surface area contributed by atoms with Gasteiger partial charge < -0.3 is 14.5 Å². The van der Waals surface area contributed by atoms with Gasteiger partial charge in [-0.25, -0.2) is 0 Å². The van der Waals surface area contributed by atoms with Crippen molar-refractivity contribution in [2.45, 2.75) is 13.0 Å². The van der Waals surface area contributed by atoms with Crippen LogP contribution in [0.4, 0.5) is 0 Å². The van der Waals surface area contributed by atoms with Gasteiger partial charge in [-0.3, -0.25) is 0 Å². The number of hydrogen-bond acceptors (Lipinski definition) is 3. The number of methoxy groups -OCH3 is 1. The number of halogens is 2. The smallest absolute Gasteiger partial charge is 0.134 e. The quantitative estimate of drug-likeness (QED) is 0.562. The van der Waals surface area contributed by atoms with Gasteiger partial charge in [0.1, 0.15) is 17.3 Å². The van der Waals surface area contributed by atoms with Gasteiger partial charge in [-0.15, -0.1) is 12.4 Å². The molecule has 1 N–H and O–H groups in total. The lowest BCUT2D eigenvalue weighted by Gasteiger charge is -2.05. The topological polar surface area (TPSA) is 34.4 Å². The molecule has 5 heteroatoms. The van der Waals surface area contributed by atoms with Crippen molar-refractivity contribution in [2.75, 3.05) is 13.7 Å². The van der Waals surface area contributed by atoms with Crippen LogP contribution in [0.5, 0.6) is 5.75 Å². The van der Waals surface area contributed by atoms with E-state index in [0.717, 1.165) is 35.8 Å². The lowest BCUT2D eigenvalue weighted by Crippen LogP contribution is -2.16. The SMILES string of the molecule is COc1ccc(CCNCc2ccc(-c3cccc(Cl)c3)o2)cc1.Cl. The summed E-state index contributed by atoms with van der Waals surface area (Å²) < 4.78 is 11.0. The Kier molecular flexibility index (Phi) is 7.38. The molecule has 25 heavy (non-hydrogen) atoms. The summed E-state index contributed by atoms with van der Waals surface area (Å²) in [7, 11) is 1.68. The van der Waals surface area contributed by atoms with E-state index in [1.165, 1.54) is 5.56 Å². The van der Waals surface area contributed by atoms with Crippen molar-refractivity contribution in [1.82, 2.24) is 5.32 Å². The Balaban J connectivity index is 0.00000225. The maximum absolute atomic E-state index is 6.02. The summed E-state index contributed by atoms with van der Waals surface area (Å²) in [5, 5.41) is 4.12. The fraction of sp³-hybridized carbons (Fsp3) is 0.200. The molecule has 0 amide bonds. The molecule has 3 aromatic rings. The highest BCUT2D eigenvalue weighted by Gasteiger charge is 2.05. The second-order valence-electron chi connectivity index (χ2n) is 5.55. The van der Waals surface area contributed by atoms with Gasteiger partial charge in [0.05, 0.1) is 13.7 Å². The molecule has 1 aromatic heterocycles. The van der Waals surface area contributed by atoms with E-state index in [2.05, 4.69) is 17.4 Å². The fourth-order valence-electron chi connectivity index (χ4n) is 2.51. The van der Waals surface area contributed by atoms with E-state index in [-0.39, 0.29) is 12.4 Å². The van der Waals surface area contributed by atoms with E-state index < -0.39 is 0 Å². The first kappa shape index (κ1) is 19.4. The molecule has 0 aliphatic rings. The molecule has 132 valence electrons. The average molecular weight is 378 g/mol. The number of hydrogen-bond donors (Lipinski definition) is 1. The summed E-state index contributed by atoms with van der Waals surface area (Å²) in [6.45, 7) is 1.59. The summed E-state index contributed by atoms with van der Waals surface area (Å²) in [4.78, 5) is 0. The highest BCUT2D eigenvalue weighted by atomic mass is 35.5. The van der Waals surface area contributed by atoms with Gasteiger partial charge in [-0.1, -0.05) is 35.9 Å². The van der Waals surface area contributed by atoms with Crippen LogP contribution in [0.25, 0.3) is 11.3 Å². The Morgan fingerprint density at radius 1 is 1.04 bits per heavy atom. The fourth-order valence-corrected chi connectivity index (χ4v) is 2.70. The van der Waals surface area contributed by atoms with E-state index in [9.17, 15) is 0 Å². The van der Waals surface area contributed by atoms with Crippen molar-refractivity contribution >= 4 is 24.0 Å². The largest absolute Gasteiger partial charge is 0.497 e. The van der Waals surface area contributed by atoms with Gasteiger partial charge in [0, 0.05) is 10.6 Å². The maximum atomic E-state index is 6.02. The molecule has 2 aromatic carbocycles. The Morgan fingerprint density at radius 3 is 2.56 bits per heavy atom. The molecule has 1 heterocycles. The average Bonchev–Trinajstić information content (AvgIpc) is 3.08. The number of ether oxygens (including phenoxy) is 1. The van der Waals surface area contributed by atoms with Crippen molar-refractivity contribution in [3.05, 3.63) is 77.0 Å². The molecule has 0 fully saturated rings. The first-order valence-electron chi connectivity index (χ1n) is 7.93. The standard InChI is InChI=1S/C20H20ClNO2.ClH/c1-23-18-7-5-15(6-8-18)11-12-22-14-19-9-10-20(24-19)16-3-2-4-17(21)13-16;/h2-10,13,22H,11-12,14H2,1H3;1H. The highest BCUT2D eigenvalue weighted by molar-refractivity contribution is 6.30. The zero-order valence-electron chi connectivity index (χ0n) is 14.0. The van der Waals surface area contributed by atoms with Crippen molar-refractivity contribution < 1.29 is 9.15 Å². The van der Waals surface area contributed by atoms with Crippen molar-refractivity contribution in [1.29, 1.82) is 0 Å². The molecule has 3 rings (SSSR count). The summed E-state index contributed by atoms with van der Waals surface area (Å²) in [6, 6.07) is 19.8. The maximum Gasteiger partial charge on any atom is 0.134 e. The molecule has 0 aliphatic heterocycles. The number of benzene rings is 2. The van der Waals surface area contributed by atoms with Crippen LogP contribution in [0.3, 0.4) is 0 Å². The van der Waals surface area contributed by atoms with Crippen molar-refractivity contribution in [2.24, 2.45) is 0 Å². The van der Waals surface area contributed by atoms with Crippen molar-refractivity contribution in [3.63, 3.8) is 0 Å². The molecule has 0 bridgehead atoms. The third-order valence-corrected chi connectivity index (χ3v) is 4.05. The molecule has 3 nitrogen and oxygen atoms in total. The third-order valence-electron chi connectivity index (χ3n) is 3.82. The number of nitrogens with one attached hydrogen (secondary N) is 1. The molecular formula is C20H21Cl2NO2. The summed E-state index contributed by atoms with van der Waals surface area (Å²) in [5.41, 5.74) is 2.27. The van der Waals surface area contributed by atoms with Crippen molar-refractivity contribution in [3.8, 4) is 17.1 Å². The third kappa shape index (κ3) is 5.53. The van der Waals surface area contributed by atoms with E-state index in [1.54, 1.807) is 7.11 Å². The summed E-state index contributed by atoms with van der Waals surface area (Å²) >= 11 is 6.02. The van der Waals surface area contributed by atoms with E-state index >= 15 is 0 Å². The highest BCUT2D eigenvalue weighted by Crippen LogP contribution is 2.24. The van der Waals surface area contributed by atoms with Crippen LogP contribution < -0.4 is 10.1 Å². The Morgan fingerprint density at radius 2 is 1.84 bits per heavy atom. The Hall–Kier alpha value is -1.94. The molecule has 0 spiro atoms. The van der Waals surface area contributed by atoms with Gasteiger partial charge >= 0.3 is 0 Å². The van der Waals surface area contributed by atoms with Crippen LogP contribution in [0, 0.1) is 0 Å². The summed E-state index contributed by atoms with van der Waals surface area (Å²) in [5.74, 6) is 2.64. The molecular weight excluding hydrogens is 357 g/mol. The number of furan rings is 1. The van der Waals surface area contributed by atoms with E-state index in [1.807, 2.05) is 48.5 Å². The summed E-state index contributed by atoms with van der Waals surface area (Å²) in [6.07, 6.45) is 0.964. The van der Waals surface area contributed by atoms with Gasteiger partial charge in [0.25, 0.3) is 0 Å².